The number of nitrogens with zero attached hydrogens (tertiary/aromatic N) is 1. The predicted molar refractivity (Wildman–Crippen MR) is 71.6 cm³/mol. The maximum Gasteiger partial charge on any atom is 0.115 e. The number of piperidine rings is 1. The summed E-state index contributed by atoms with van der Waals surface area (Å²) in [6.45, 7) is 1.30. The minimum Gasteiger partial charge on any atom is -0.508 e. The molecule has 3 unspecified atom stereocenters. The van der Waals surface area contributed by atoms with E-state index < -0.39 is 0 Å². The van der Waals surface area contributed by atoms with Crippen LogP contribution in [0, 0.1) is 5.92 Å². The lowest BCUT2D eigenvalue weighted by atomic mass is 9.86. The van der Waals surface area contributed by atoms with Gasteiger partial charge in [0.25, 0.3) is 0 Å². The molecule has 1 saturated heterocycles. The van der Waals surface area contributed by atoms with E-state index in [1.807, 2.05) is 12.1 Å². The Kier molecular flexibility index (Phi) is 2.41. The molecular formula is C16H21NO. The van der Waals surface area contributed by atoms with Crippen LogP contribution in [0.15, 0.2) is 18.2 Å². The highest BCUT2D eigenvalue weighted by molar-refractivity contribution is 5.38. The minimum absolute atomic E-state index is 0.435. The van der Waals surface area contributed by atoms with Crippen LogP contribution in [0.2, 0.25) is 0 Å². The highest BCUT2D eigenvalue weighted by atomic mass is 16.3. The standard InChI is InChI=1S/C16H21NO/c18-14-7-5-12-2-1-3-16(15(12)9-14)17-10-11-4-6-13(17)8-11/h5,7,9,11,13,16,18H,1-4,6,8,10H2. The summed E-state index contributed by atoms with van der Waals surface area (Å²) in [5.41, 5.74) is 2.88. The van der Waals surface area contributed by atoms with Gasteiger partial charge in [-0.2, -0.15) is 0 Å². The van der Waals surface area contributed by atoms with Gasteiger partial charge in [0.15, 0.2) is 0 Å². The molecule has 0 radical (unpaired) electrons. The number of rotatable bonds is 1. The summed E-state index contributed by atoms with van der Waals surface area (Å²) in [5, 5.41) is 9.76. The molecule has 1 saturated carbocycles. The third kappa shape index (κ3) is 1.58. The Balaban J connectivity index is 1.69. The summed E-state index contributed by atoms with van der Waals surface area (Å²) in [6, 6.07) is 7.40. The third-order valence-electron chi connectivity index (χ3n) is 5.26. The van der Waals surface area contributed by atoms with Crippen LogP contribution in [0.5, 0.6) is 5.75 Å². The minimum atomic E-state index is 0.435. The SMILES string of the molecule is Oc1ccc2c(c1)C(N1CC3CCC1C3)CCC2. The fourth-order valence-electron chi connectivity index (χ4n) is 4.45. The van der Waals surface area contributed by atoms with E-state index in [2.05, 4.69) is 11.0 Å². The first-order valence-electron chi connectivity index (χ1n) is 7.39. The molecule has 0 spiro atoms. The fourth-order valence-corrected chi connectivity index (χ4v) is 4.45. The molecule has 3 aliphatic rings. The van der Waals surface area contributed by atoms with Gasteiger partial charge in [0.1, 0.15) is 5.75 Å². The van der Waals surface area contributed by atoms with Crippen molar-refractivity contribution < 1.29 is 5.11 Å². The van der Waals surface area contributed by atoms with E-state index in [1.165, 1.54) is 56.2 Å². The number of phenols is 1. The number of phenolic OH excluding ortho intramolecular Hbond substituents is 1. The Morgan fingerprint density at radius 3 is 2.89 bits per heavy atom. The van der Waals surface area contributed by atoms with Crippen LogP contribution < -0.4 is 0 Å². The van der Waals surface area contributed by atoms with Crippen molar-refractivity contribution in [1.82, 2.24) is 4.90 Å². The predicted octanol–water partition coefficient (Wildman–Crippen LogP) is 3.25. The molecular weight excluding hydrogens is 222 g/mol. The topological polar surface area (TPSA) is 23.5 Å². The number of benzene rings is 1. The monoisotopic (exact) mass is 243 g/mol. The normalized spacial score (nSPS) is 34.8. The molecule has 1 aromatic rings. The number of aromatic hydroxyl groups is 1. The summed E-state index contributed by atoms with van der Waals surface area (Å²) in [4.78, 5) is 2.74. The number of fused-ring (bicyclic) bond motifs is 3. The van der Waals surface area contributed by atoms with Crippen LogP contribution in [-0.4, -0.2) is 22.6 Å². The van der Waals surface area contributed by atoms with Crippen molar-refractivity contribution in [2.24, 2.45) is 5.92 Å². The van der Waals surface area contributed by atoms with E-state index in [0.717, 1.165) is 12.0 Å². The second-order valence-corrected chi connectivity index (χ2v) is 6.32. The molecule has 2 bridgehead atoms. The van der Waals surface area contributed by atoms with Crippen LogP contribution in [0.3, 0.4) is 0 Å². The van der Waals surface area contributed by atoms with Crippen molar-refractivity contribution >= 4 is 0 Å². The van der Waals surface area contributed by atoms with Gasteiger partial charge < -0.3 is 5.11 Å². The van der Waals surface area contributed by atoms with Crippen molar-refractivity contribution in [1.29, 1.82) is 0 Å². The van der Waals surface area contributed by atoms with Crippen molar-refractivity contribution in [3.63, 3.8) is 0 Å². The zero-order chi connectivity index (χ0) is 12.1. The number of hydrogen-bond acceptors (Lipinski definition) is 2. The second kappa shape index (κ2) is 3.99. The van der Waals surface area contributed by atoms with Crippen LogP contribution >= 0.6 is 0 Å². The molecule has 1 aliphatic heterocycles. The highest BCUT2D eigenvalue weighted by Crippen LogP contribution is 2.46. The average Bonchev–Trinajstić information content (AvgIpc) is 3.00. The molecule has 4 rings (SSSR count). The summed E-state index contributed by atoms with van der Waals surface area (Å²) in [7, 11) is 0. The lowest BCUT2D eigenvalue weighted by Crippen LogP contribution is -2.37. The first kappa shape index (κ1) is 10.9. The van der Waals surface area contributed by atoms with Gasteiger partial charge in [0.05, 0.1) is 0 Å². The molecule has 1 heterocycles. The van der Waals surface area contributed by atoms with Gasteiger partial charge in [0, 0.05) is 18.6 Å². The molecule has 3 atom stereocenters. The molecule has 96 valence electrons. The zero-order valence-corrected chi connectivity index (χ0v) is 10.8. The molecule has 2 nitrogen and oxygen atoms in total. The van der Waals surface area contributed by atoms with Crippen LogP contribution in [0.4, 0.5) is 0 Å². The van der Waals surface area contributed by atoms with E-state index in [1.54, 1.807) is 0 Å². The lowest BCUT2D eigenvalue weighted by Gasteiger charge is -2.38. The fraction of sp³-hybridized carbons (Fsp3) is 0.625. The van der Waals surface area contributed by atoms with E-state index in [0.29, 0.717) is 11.8 Å². The summed E-state index contributed by atoms with van der Waals surface area (Å²) < 4.78 is 0. The maximum absolute atomic E-state index is 9.76. The van der Waals surface area contributed by atoms with Crippen molar-refractivity contribution in [3.05, 3.63) is 29.3 Å². The molecule has 1 N–H and O–H groups in total. The Labute approximate surface area is 109 Å². The molecule has 0 aromatic heterocycles. The Morgan fingerprint density at radius 1 is 1.17 bits per heavy atom. The van der Waals surface area contributed by atoms with Gasteiger partial charge in [-0.15, -0.1) is 0 Å². The van der Waals surface area contributed by atoms with E-state index in [4.69, 9.17) is 0 Å². The van der Waals surface area contributed by atoms with Crippen molar-refractivity contribution in [3.8, 4) is 5.75 Å². The first-order valence-corrected chi connectivity index (χ1v) is 7.39. The Morgan fingerprint density at radius 2 is 2.11 bits per heavy atom. The van der Waals surface area contributed by atoms with Gasteiger partial charge >= 0.3 is 0 Å². The van der Waals surface area contributed by atoms with Gasteiger partial charge in [0.2, 0.25) is 0 Å². The molecule has 0 amide bonds. The van der Waals surface area contributed by atoms with Crippen LogP contribution in [-0.2, 0) is 6.42 Å². The van der Waals surface area contributed by atoms with Gasteiger partial charge in [-0.1, -0.05) is 6.07 Å². The summed E-state index contributed by atoms with van der Waals surface area (Å²) in [5.74, 6) is 1.39. The quantitative estimate of drug-likeness (QED) is 0.818. The van der Waals surface area contributed by atoms with Gasteiger partial charge in [-0.25, -0.2) is 0 Å². The zero-order valence-electron chi connectivity index (χ0n) is 10.8. The van der Waals surface area contributed by atoms with Gasteiger partial charge in [-0.3, -0.25) is 4.90 Å². The molecule has 2 fully saturated rings. The lowest BCUT2D eigenvalue weighted by molar-refractivity contribution is 0.134. The van der Waals surface area contributed by atoms with E-state index >= 15 is 0 Å². The van der Waals surface area contributed by atoms with Gasteiger partial charge in [-0.05, 0) is 67.7 Å². The molecule has 2 heteroatoms. The number of hydrogen-bond donors (Lipinski definition) is 1. The first-order chi connectivity index (χ1) is 8.81. The molecule has 18 heavy (non-hydrogen) atoms. The maximum atomic E-state index is 9.76. The summed E-state index contributed by atoms with van der Waals surface area (Å²) in [6.07, 6.45) is 8.03. The van der Waals surface area contributed by atoms with Crippen molar-refractivity contribution in [2.75, 3.05) is 6.54 Å². The number of aryl methyl sites for hydroxylation is 1. The smallest absolute Gasteiger partial charge is 0.115 e. The van der Waals surface area contributed by atoms with Crippen LogP contribution in [0.25, 0.3) is 0 Å². The Bertz CT molecular complexity index is 470. The second-order valence-electron chi connectivity index (χ2n) is 6.32. The number of likely N-dealkylation sites (tertiary alicyclic amines) is 1. The third-order valence-corrected chi connectivity index (χ3v) is 5.26. The molecule has 2 aliphatic carbocycles. The largest absolute Gasteiger partial charge is 0.508 e. The highest BCUT2D eigenvalue weighted by Gasteiger charge is 2.42. The average molecular weight is 243 g/mol. The van der Waals surface area contributed by atoms with Crippen molar-refractivity contribution in [2.45, 2.75) is 50.6 Å². The summed E-state index contributed by atoms with van der Waals surface area (Å²) >= 11 is 0. The van der Waals surface area contributed by atoms with E-state index in [9.17, 15) is 5.11 Å². The molecule has 1 aromatic carbocycles. The Hall–Kier alpha value is -1.02. The van der Waals surface area contributed by atoms with Crippen LogP contribution in [0.1, 0.15) is 49.3 Å². The van der Waals surface area contributed by atoms with E-state index in [-0.39, 0.29) is 0 Å².